The minimum absolute atomic E-state index is 0.240. The summed E-state index contributed by atoms with van der Waals surface area (Å²) in [5, 5.41) is 0. The highest BCUT2D eigenvalue weighted by atomic mass is 15.3. The van der Waals surface area contributed by atoms with E-state index in [-0.39, 0.29) is 5.41 Å². The van der Waals surface area contributed by atoms with Crippen molar-refractivity contribution < 1.29 is 0 Å². The van der Waals surface area contributed by atoms with E-state index in [4.69, 9.17) is 0 Å². The first-order valence-corrected chi connectivity index (χ1v) is 8.73. The zero-order valence-electron chi connectivity index (χ0n) is 15.4. The largest absolute Gasteiger partial charge is 0.369 e. The van der Waals surface area contributed by atoms with Crippen LogP contribution in [0, 0.1) is 5.41 Å². The zero-order chi connectivity index (χ0) is 16.4. The van der Waals surface area contributed by atoms with Gasteiger partial charge in [-0.1, -0.05) is 53.7 Å². The standard InChI is InChI=1S/C20H34N2/c1-19(2,3)11-12-21-13-15-22(16-14-21)18-9-7-17(8-10-18)20(4,5)6/h7-10H,11-16H2,1-6H3. The number of benzene rings is 1. The van der Waals surface area contributed by atoms with Gasteiger partial charge in [0, 0.05) is 31.9 Å². The number of piperazine rings is 1. The molecule has 0 aliphatic carbocycles. The number of nitrogens with zero attached hydrogens (tertiary/aromatic N) is 2. The predicted molar refractivity (Wildman–Crippen MR) is 97.9 cm³/mol. The normalized spacial score (nSPS) is 17.8. The first-order valence-electron chi connectivity index (χ1n) is 8.73. The predicted octanol–water partition coefficient (Wildman–Crippen LogP) is 4.54. The van der Waals surface area contributed by atoms with E-state index in [0.717, 1.165) is 13.1 Å². The van der Waals surface area contributed by atoms with Gasteiger partial charge in [-0.2, -0.15) is 0 Å². The van der Waals surface area contributed by atoms with Crippen LogP contribution in [0.2, 0.25) is 0 Å². The molecule has 0 bridgehead atoms. The Morgan fingerprint density at radius 3 is 1.82 bits per heavy atom. The molecule has 2 rings (SSSR count). The van der Waals surface area contributed by atoms with Crippen LogP contribution in [0.1, 0.15) is 53.5 Å². The van der Waals surface area contributed by atoms with Crippen molar-refractivity contribution >= 4 is 5.69 Å². The van der Waals surface area contributed by atoms with Gasteiger partial charge in [-0.05, 0) is 41.5 Å². The summed E-state index contributed by atoms with van der Waals surface area (Å²) in [6, 6.07) is 9.18. The number of hydrogen-bond donors (Lipinski definition) is 0. The summed E-state index contributed by atoms with van der Waals surface area (Å²) < 4.78 is 0. The molecular weight excluding hydrogens is 268 g/mol. The Hall–Kier alpha value is -1.02. The van der Waals surface area contributed by atoms with Crippen molar-refractivity contribution in [3.05, 3.63) is 29.8 Å². The molecule has 1 aromatic carbocycles. The van der Waals surface area contributed by atoms with Gasteiger partial charge in [0.25, 0.3) is 0 Å². The second-order valence-electron chi connectivity index (χ2n) is 8.94. The Labute approximate surface area is 137 Å². The van der Waals surface area contributed by atoms with Crippen molar-refractivity contribution in [1.82, 2.24) is 4.90 Å². The molecule has 0 amide bonds. The fourth-order valence-corrected chi connectivity index (χ4v) is 2.90. The van der Waals surface area contributed by atoms with Gasteiger partial charge in [-0.25, -0.2) is 0 Å². The summed E-state index contributed by atoms with van der Waals surface area (Å²) in [4.78, 5) is 5.14. The van der Waals surface area contributed by atoms with Crippen LogP contribution < -0.4 is 4.90 Å². The van der Waals surface area contributed by atoms with Crippen LogP contribution in [0.4, 0.5) is 5.69 Å². The molecule has 0 atom stereocenters. The third-order valence-electron chi connectivity index (χ3n) is 4.65. The second-order valence-corrected chi connectivity index (χ2v) is 8.94. The highest BCUT2D eigenvalue weighted by Crippen LogP contribution is 2.26. The molecule has 1 saturated heterocycles. The molecule has 1 aliphatic heterocycles. The van der Waals surface area contributed by atoms with Gasteiger partial charge in [0.2, 0.25) is 0 Å². The van der Waals surface area contributed by atoms with Gasteiger partial charge in [0.1, 0.15) is 0 Å². The lowest BCUT2D eigenvalue weighted by Crippen LogP contribution is -2.47. The lowest BCUT2D eigenvalue weighted by atomic mass is 9.87. The van der Waals surface area contributed by atoms with Crippen LogP contribution >= 0.6 is 0 Å². The van der Waals surface area contributed by atoms with Crippen LogP contribution in [-0.4, -0.2) is 37.6 Å². The lowest BCUT2D eigenvalue weighted by molar-refractivity contribution is 0.217. The molecule has 1 fully saturated rings. The first kappa shape index (κ1) is 17.3. The quantitative estimate of drug-likeness (QED) is 0.808. The maximum atomic E-state index is 2.62. The molecule has 0 N–H and O–H groups in total. The van der Waals surface area contributed by atoms with E-state index in [0.29, 0.717) is 5.41 Å². The fraction of sp³-hybridized carbons (Fsp3) is 0.700. The van der Waals surface area contributed by atoms with Crippen LogP contribution in [0.3, 0.4) is 0 Å². The Kier molecular flexibility index (Phi) is 5.21. The van der Waals surface area contributed by atoms with E-state index in [1.54, 1.807) is 0 Å². The average molecular weight is 303 g/mol. The van der Waals surface area contributed by atoms with Gasteiger partial charge in [0.05, 0.1) is 0 Å². The molecule has 1 aliphatic rings. The summed E-state index contributed by atoms with van der Waals surface area (Å²) >= 11 is 0. The summed E-state index contributed by atoms with van der Waals surface area (Å²) in [6.07, 6.45) is 1.28. The maximum absolute atomic E-state index is 2.62. The van der Waals surface area contributed by atoms with E-state index in [2.05, 4.69) is 75.6 Å². The van der Waals surface area contributed by atoms with Crippen molar-refractivity contribution in [3.63, 3.8) is 0 Å². The molecule has 0 radical (unpaired) electrons. The molecule has 0 saturated carbocycles. The van der Waals surface area contributed by atoms with Crippen LogP contribution in [0.15, 0.2) is 24.3 Å². The van der Waals surface area contributed by atoms with Gasteiger partial charge < -0.3 is 4.90 Å². The number of rotatable bonds is 3. The van der Waals surface area contributed by atoms with Gasteiger partial charge in [0.15, 0.2) is 0 Å². The maximum Gasteiger partial charge on any atom is 0.0367 e. The van der Waals surface area contributed by atoms with Gasteiger partial charge in [-0.15, -0.1) is 0 Å². The molecule has 1 heterocycles. The number of hydrogen-bond acceptors (Lipinski definition) is 2. The van der Waals surface area contributed by atoms with Crippen LogP contribution in [0.5, 0.6) is 0 Å². The summed E-state index contributed by atoms with van der Waals surface area (Å²) in [5.41, 5.74) is 3.48. The third kappa shape index (κ3) is 5.01. The zero-order valence-corrected chi connectivity index (χ0v) is 15.4. The Balaban J connectivity index is 1.86. The van der Waals surface area contributed by atoms with E-state index in [1.807, 2.05) is 0 Å². The minimum atomic E-state index is 0.240. The molecule has 22 heavy (non-hydrogen) atoms. The van der Waals surface area contributed by atoms with Gasteiger partial charge >= 0.3 is 0 Å². The van der Waals surface area contributed by atoms with E-state index < -0.39 is 0 Å². The Morgan fingerprint density at radius 1 is 0.818 bits per heavy atom. The SMILES string of the molecule is CC(C)(C)CCN1CCN(c2ccc(C(C)(C)C)cc2)CC1. The van der Waals surface area contributed by atoms with E-state index in [9.17, 15) is 0 Å². The minimum Gasteiger partial charge on any atom is -0.369 e. The van der Waals surface area contributed by atoms with Gasteiger partial charge in [-0.3, -0.25) is 4.90 Å². The lowest BCUT2D eigenvalue weighted by Gasteiger charge is -2.37. The molecule has 0 spiro atoms. The smallest absolute Gasteiger partial charge is 0.0367 e. The highest BCUT2D eigenvalue weighted by Gasteiger charge is 2.20. The molecule has 1 aromatic rings. The molecule has 0 unspecified atom stereocenters. The molecular formula is C20H34N2. The van der Waals surface area contributed by atoms with E-state index >= 15 is 0 Å². The Morgan fingerprint density at radius 2 is 1.36 bits per heavy atom. The molecule has 0 aromatic heterocycles. The van der Waals surface area contributed by atoms with E-state index in [1.165, 1.54) is 37.3 Å². The van der Waals surface area contributed by atoms with Crippen molar-refractivity contribution in [1.29, 1.82) is 0 Å². The van der Waals surface area contributed by atoms with Crippen molar-refractivity contribution in [2.45, 2.75) is 53.4 Å². The van der Waals surface area contributed by atoms with Crippen molar-refractivity contribution in [2.24, 2.45) is 5.41 Å². The van der Waals surface area contributed by atoms with Crippen LogP contribution in [-0.2, 0) is 5.41 Å². The molecule has 124 valence electrons. The van der Waals surface area contributed by atoms with Crippen LogP contribution in [0.25, 0.3) is 0 Å². The monoisotopic (exact) mass is 302 g/mol. The number of anilines is 1. The molecule has 2 heteroatoms. The summed E-state index contributed by atoms with van der Waals surface area (Å²) in [5.74, 6) is 0. The second kappa shape index (κ2) is 6.62. The average Bonchev–Trinajstić information content (AvgIpc) is 2.44. The highest BCUT2D eigenvalue weighted by molar-refractivity contribution is 5.49. The third-order valence-corrected chi connectivity index (χ3v) is 4.65. The summed E-state index contributed by atoms with van der Waals surface area (Å²) in [6.45, 7) is 19.7. The Bertz CT molecular complexity index is 454. The summed E-state index contributed by atoms with van der Waals surface area (Å²) in [7, 11) is 0. The topological polar surface area (TPSA) is 6.48 Å². The fourth-order valence-electron chi connectivity index (χ4n) is 2.90. The van der Waals surface area contributed by atoms with Crippen molar-refractivity contribution in [2.75, 3.05) is 37.6 Å². The molecule has 2 nitrogen and oxygen atoms in total. The van der Waals surface area contributed by atoms with Crippen molar-refractivity contribution in [3.8, 4) is 0 Å². The first-order chi connectivity index (χ1) is 10.1.